The van der Waals surface area contributed by atoms with E-state index in [4.69, 9.17) is 4.74 Å². The van der Waals surface area contributed by atoms with Crippen molar-refractivity contribution in [1.82, 2.24) is 25.4 Å². The first-order valence-corrected chi connectivity index (χ1v) is 8.57. The summed E-state index contributed by atoms with van der Waals surface area (Å²) < 4.78 is 7.83. The van der Waals surface area contributed by atoms with Gasteiger partial charge in [-0.3, -0.25) is 0 Å². The van der Waals surface area contributed by atoms with E-state index in [-0.39, 0.29) is 29.4 Å². The monoisotopic (exact) mass is 460 g/mol. The molecule has 1 aliphatic carbocycles. The van der Waals surface area contributed by atoms with Crippen molar-refractivity contribution in [2.75, 3.05) is 13.2 Å². The number of hydrogen-bond donors (Lipinski definition) is 2. The van der Waals surface area contributed by atoms with E-state index in [1.165, 1.54) is 0 Å². The van der Waals surface area contributed by atoms with E-state index >= 15 is 0 Å². The normalized spacial score (nSPS) is 27.0. The molecule has 8 heteroatoms. The highest BCUT2D eigenvalue weighted by Gasteiger charge is 2.59. The second-order valence-corrected chi connectivity index (χ2v) is 7.24. The molecule has 0 radical (unpaired) electrons. The summed E-state index contributed by atoms with van der Waals surface area (Å²) in [4.78, 5) is 4.69. The molecular weight excluding hydrogens is 431 g/mol. The Balaban J connectivity index is 0.00000225. The van der Waals surface area contributed by atoms with Gasteiger partial charge < -0.3 is 19.9 Å². The van der Waals surface area contributed by atoms with Crippen molar-refractivity contribution in [3.63, 3.8) is 0 Å². The van der Waals surface area contributed by atoms with E-state index in [0.29, 0.717) is 31.2 Å². The molecule has 0 amide bonds. The number of halogens is 1. The van der Waals surface area contributed by atoms with Crippen LogP contribution in [0, 0.1) is 18.3 Å². The zero-order chi connectivity index (χ0) is 17.3. The van der Waals surface area contributed by atoms with E-state index in [1.54, 1.807) is 0 Å². The first-order valence-electron chi connectivity index (χ1n) is 8.57. The smallest absolute Gasteiger partial charge is 0.192 e. The lowest BCUT2D eigenvalue weighted by molar-refractivity contribution is -0.106. The molecule has 2 aliphatic rings. The Labute approximate surface area is 166 Å². The summed E-state index contributed by atoms with van der Waals surface area (Å²) in [6.07, 6.45) is 3.30. The minimum absolute atomic E-state index is 0. The highest BCUT2D eigenvalue weighted by molar-refractivity contribution is 14.0. The molecule has 1 aromatic rings. The topological polar surface area (TPSA) is 76.4 Å². The first-order chi connectivity index (χ1) is 11.4. The Morgan fingerprint density at radius 3 is 2.88 bits per heavy atom. The maximum absolute atomic E-state index is 5.87. The number of aliphatic imine (C=N–C) groups is 1. The number of rotatable bonds is 5. The van der Waals surface area contributed by atoms with Crippen molar-refractivity contribution in [3.8, 4) is 0 Å². The molecule has 3 atom stereocenters. The molecule has 2 heterocycles. The van der Waals surface area contributed by atoms with E-state index in [1.807, 2.05) is 24.6 Å². The summed E-state index contributed by atoms with van der Waals surface area (Å²) in [7, 11) is 1.96. The third-order valence-electron chi connectivity index (χ3n) is 5.37. The van der Waals surface area contributed by atoms with Crippen LogP contribution in [0.2, 0.25) is 0 Å². The molecule has 0 bridgehead atoms. The molecule has 0 spiro atoms. The number of aryl methyl sites for hydroxylation is 1. The van der Waals surface area contributed by atoms with Crippen LogP contribution in [0.3, 0.4) is 0 Å². The van der Waals surface area contributed by atoms with E-state index in [0.717, 1.165) is 30.6 Å². The van der Waals surface area contributed by atoms with Gasteiger partial charge in [-0.15, -0.1) is 40.8 Å². The lowest BCUT2D eigenvalue weighted by atomic mass is 9.57. The van der Waals surface area contributed by atoms with Gasteiger partial charge in [0.25, 0.3) is 0 Å². The first kappa shape index (κ1) is 20.2. The van der Waals surface area contributed by atoms with Gasteiger partial charge in [0.15, 0.2) is 11.8 Å². The second kappa shape index (κ2) is 8.03. The number of hydrogen-bond acceptors (Lipinski definition) is 4. The Hall–Kier alpha value is -1.16. The summed E-state index contributed by atoms with van der Waals surface area (Å²) in [5.41, 5.74) is 0.110. The molecule has 1 saturated heterocycles. The number of guanidine groups is 1. The maximum Gasteiger partial charge on any atom is 0.192 e. The van der Waals surface area contributed by atoms with Crippen LogP contribution in [0.5, 0.6) is 0 Å². The van der Waals surface area contributed by atoms with Crippen LogP contribution in [-0.2, 0) is 18.3 Å². The molecule has 3 unspecified atom stereocenters. The van der Waals surface area contributed by atoms with Gasteiger partial charge in [-0.25, -0.2) is 4.99 Å². The molecule has 25 heavy (non-hydrogen) atoms. The van der Waals surface area contributed by atoms with Crippen LogP contribution in [0.4, 0.5) is 0 Å². The highest BCUT2D eigenvalue weighted by Crippen LogP contribution is 2.52. The summed E-state index contributed by atoms with van der Waals surface area (Å²) in [5.74, 6) is 3.09. The summed E-state index contributed by atoms with van der Waals surface area (Å²) in [5, 5.41) is 15.2. The molecule has 7 nitrogen and oxygen atoms in total. The van der Waals surface area contributed by atoms with Crippen LogP contribution in [0.25, 0.3) is 0 Å². The van der Waals surface area contributed by atoms with Crippen molar-refractivity contribution in [2.45, 2.75) is 45.9 Å². The standard InChI is InChI=1S/C17H28N6O.HI/c1-6-8-18-16(19-10-13-22-21-11(2)23(13)5)20-14-12-7-9-24-15(12)17(14,3)4;/h6,12,14-15H,1,7-10H2,2-5H3,(H2,18,19,20);1H. The van der Waals surface area contributed by atoms with Crippen molar-refractivity contribution in [2.24, 2.45) is 23.4 Å². The average molecular weight is 460 g/mol. The predicted molar refractivity (Wildman–Crippen MR) is 109 cm³/mol. The predicted octanol–water partition coefficient (Wildman–Crippen LogP) is 1.78. The van der Waals surface area contributed by atoms with Crippen molar-refractivity contribution in [1.29, 1.82) is 0 Å². The Bertz CT molecular complexity index is 641. The lowest BCUT2D eigenvalue weighted by Gasteiger charge is -2.54. The van der Waals surface area contributed by atoms with Crippen molar-refractivity contribution >= 4 is 29.9 Å². The largest absolute Gasteiger partial charge is 0.377 e. The number of aromatic nitrogens is 3. The van der Waals surface area contributed by atoms with Gasteiger partial charge in [0.1, 0.15) is 12.4 Å². The Morgan fingerprint density at radius 1 is 1.48 bits per heavy atom. The lowest BCUT2D eigenvalue weighted by Crippen LogP contribution is -2.67. The SMILES string of the molecule is C=CCNC(=NCc1nnc(C)n1C)NC1C2CCOC2C1(C)C.I. The molecule has 1 aromatic heterocycles. The fraction of sp³-hybridized carbons (Fsp3) is 0.706. The summed E-state index contributed by atoms with van der Waals surface area (Å²) in [6, 6.07) is 0.363. The average Bonchev–Trinajstić information content (AvgIpc) is 3.14. The molecule has 1 aliphatic heterocycles. The molecule has 2 fully saturated rings. The fourth-order valence-electron chi connectivity index (χ4n) is 3.82. The van der Waals surface area contributed by atoms with Crippen LogP contribution in [0.15, 0.2) is 17.6 Å². The molecule has 0 aromatic carbocycles. The number of nitrogens with one attached hydrogen (secondary N) is 2. The van der Waals surface area contributed by atoms with E-state index < -0.39 is 0 Å². The van der Waals surface area contributed by atoms with E-state index in [9.17, 15) is 0 Å². The Kier molecular flexibility index (Phi) is 6.47. The van der Waals surface area contributed by atoms with Crippen molar-refractivity contribution < 1.29 is 4.74 Å². The van der Waals surface area contributed by atoms with Gasteiger partial charge in [0.05, 0.1) is 6.10 Å². The highest BCUT2D eigenvalue weighted by atomic mass is 127. The molecule has 2 N–H and O–H groups in total. The minimum Gasteiger partial charge on any atom is -0.377 e. The number of ether oxygens (including phenoxy) is 1. The minimum atomic E-state index is 0. The van der Waals surface area contributed by atoms with Gasteiger partial charge in [0, 0.05) is 37.6 Å². The van der Waals surface area contributed by atoms with Crippen LogP contribution in [-0.4, -0.2) is 46.0 Å². The molecule has 3 rings (SSSR count). The van der Waals surface area contributed by atoms with Gasteiger partial charge in [-0.05, 0) is 13.3 Å². The van der Waals surface area contributed by atoms with Crippen LogP contribution < -0.4 is 10.6 Å². The van der Waals surface area contributed by atoms with Crippen molar-refractivity contribution in [3.05, 3.63) is 24.3 Å². The van der Waals surface area contributed by atoms with Crippen LogP contribution in [0.1, 0.15) is 31.9 Å². The Morgan fingerprint density at radius 2 is 2.24 bits per heavy atom. The van der Waals surface area contributed by atoms with Gasteiger partial charge in [-0.2, -0.15) is 0 Å². The number of fused-ring (bicyclic) bond motifs is 1. The molecular formula is C17H29IN6O. The van der Waals surface area contributed by atoms with Gasteiger partial charge >= 0.3 is 0 Å². The van der Waals surface area contributed by atoms with Gasteiger partial charge in [-0.1, -0.05) is 19.9 Å². The summed E-state index contributed by atoms with van der Waals surface area (Å²) >= 11 is 0. The zero-order valence-electron chi connectivity index (χ0n) is 15.5. The molecule has 1 saturated carbocycles. The zero-order valence-corrected chi connectivity index (χ0v) is 17.8. The van der Waals surface area contributed by atoms with Gasteiger partial charge in [0.2, 0.25) is 0 Å². The second-order valence-electron chi connectivity index (χ2n) is 7.24. The third-order valence-corrected chi connectivity index (χ3v) is 5.37. The van der Waals surface area contributed by atoms with Crippen LogP contribution >= 0.6 is 24.0 Å². The number of nitrogens with zero attached hydrogens (tertiary/aromatic N) is 4. The molecule has 140 valence electrons. The fourth-order valence-corrected chi connectivity index (χ4v) is 3.82. The quantitative estimate of drug-likeness (QED) is 0.303. The maximum atomic E-state index is 5.87. The van der Waals surface area contributed by atoms with E-state index in [2.05, 4.69) is 46.2 Å². The summed E-state index contributed by atoms with van der Waals surface area (Å²) in [6.45, 7) is 12.2. The third kappa shape index (κ3) is 3.84.